The Labute approximate surface area is 158 Å². The van der Waals surface area contributed by atoms with Crippen molar-refractivity contribution in [3.63, 3.8) is 0 Å². The van der Waals surface area contributed by atoms with Gasteiger partial charge in [0.2, 0.25) is 5.91 Å². The SMILES string of the molecule is Cc1ccc(NC(=O)CSC2=NC3(CCCC3)Nc3ccccc32)cc1. The van der Waals surface area contributed by atoms with Crippen LogP contribution in [0.3, 0.4) is 0 Å². The monoisotopic (exact) mass is 365 g/mol. The van der Waals surface area contributed by atoms with Gasteiger partial charge in [0.1, 0.15) is 10.7 Å². The normalized spacial score (nSPS) is 17.3. The highest BCUT2D eigenvalue weighted by Crippen LogP contribution is 2.40. The van der Waals surface area contributed by atoms with Crippen LogP contribution in [0, 0.1) is 6.92 Å². The number of benzene rings is 2. The Morgan fingerprint density at radius 1 is 1.15 bits per heavy atom. The molecule has 134 valence electrons. The molecule has 1 amide bonds. The van der Waals surface area contributed by atoms with Gasteiger partial charge in [0.05, 0.1) is 5.75 Å². The second-order valence-corrected chi connectivity index (χ2v) is 7.99. The molecule has 5 heteroatoms. The molecule has 1 spiro atoms. The van der Waals surface area contributed by atoms with E-state index >= 15 is 0 Å². The summed E-state index contributed by atoms with van der Waals surface area (Å²) >= 11 is 1.53. The van der Waals surface area contributed by atoms with Crippen LogP contribution in [-0.4, -0.2) is 22.4 Å². The summed E-state index contributed by atoms with van der Waals surface area (Å²) in [7, 11) is 0. The lowest BCUT2D eigenvalue weighted by molar-refractivity contribution is -0.113. The molecule has 2 aromatic carbocycles. The van der Waals surface area contributed by atoms with Gasteiger partial charge in [-0.15, -0.1) is 0 Å². The van der Waals surface area contributed by atoms with E-state index in [1.54, 1.807) is 0 Å². The van der Waals surface area contributed by atoms with Crippen molar-refractivity contribution < 1.29 is 4.79 Å². The number of rotatable bonds is 3. The first kappa shape index (κ1) is 17.2. The Hall–Kier alpha value is -2.27. The van der Waals surface area contributed by atoms with Crippen molar-refractivity contribution in [2.75, 3.05) is 16.4 Å². The summed E-state index contributed by atoms with van der Waals surface area (Å²) < 4.78 is 0. The van der Waals surface area contributed by atoms with Gasteiger partial charge >= 0.3 is 0 Å². The van der Waals surface area contributed by atoms with Crippen molar-refractivity contribution >= 4 is 34.1 Å². The first-order valence-corrected chi connectivity index (χ1v) is 10.1. The topological polar surface area (TPSA) is 53.5 Å². The molecule has 1 aliphatic carbocycles. The maximum Gasteiger partial charge on any atom is 0.234 e. The van der Waals surface area contributed by atoms with Crippen molar-refractivity contribution in [1.82, 2.24) is 0 Å². The summed E-state index contributed by atoms with van der Waals surface area (Å²) in [6, 6.07) is 16.1. The molecule has 2 N–H and O–H groups in total. The Morgan fingerprint density at radius 2 is 1.88 bits per heavy atom. The summed E-state index contributed by atoms with van der Waals surface area (Å²) in [4.78, 5) is 17.4. The maximum absolute atomic E-state index is 12.4. The molecule has 26 heavy (non-hydrogen) atoms. The van der Waals surface area contributed by atoms with E-state index in [-0.39, 0.29) is 11.6 Å². The lowest BCUT2D eigenvalue weighted by atomic mass is 10.0. The van der Waals surface area contributed by atoms with Crippen LogP contribution in [0.15, 0.2) is 53.5 Å². The fraction of sp³-hybridized carbons (Fsp3) is 0.333. The second kappa shape index (κ2) is 7.16. The summed E-state index contributed by atoms with van der Waals surface area (Å²) in [5.41, 5.74) is 4.06. The Morgan fingerprint density at radius 3 is 2.65 bits per heavy atom. The Bertz CT molecular complexity index is 839. The van der Waals surface area contributed by atoms with Crippen LogP contribution in [0.25, 0.3) is 0 Å². The molecule has 2 aromatic rings. The first-order chi connectivity index (χ1) is 12.6. The molecule has 0 unspecified atom stereocenters. The van der Waals surface area contributed by atoms with Gasteiger partial charge in [-0.3, -0.25) is 4.79 Å². The van der Waals surface area contributed by atoms with Gasteiger partial charge < -0.3 is 10.6 Å². The molecule has 4 rings (SSSR count). The van der Waals surface area contributed by atoms with Gasteiger partial charge in [-0.25, -0.2) is 4.99 Å². The predicted molar refractivity (Wildman–Crippen MR) is 110 cm³/mol. The molecule has 1 saturated carbocycles. The molecule has 4 nitrogen and oxygen atoms in total. The number of carbonyl (C=O) groups is 1. The summed E-state index contributed by atoms with van der Waals surface area (Å²) in [6.45, 7) is 2.03. The first-order valence-electron chi connectivity index (χ1n) is 9.10. The van der Waals surface area contributed by atoms with Gasteiger partial charge in [-0.2, -0.15) is 0 Å². The molecule has 2 aliphatic rings. The summed E-state index contributed by atoms with van der Waals surface area (Å²) in [5.74, 6) is 0.356. The minimum Gasteiger partial charge on any atom is -0.361 e. The van der Waals surface area contributed by atoms with E-state index in [0.717, 1.165) is 34.8 Å². The van der Waals surface area contributed by atoms with Crippen LogP contribution in [0.2, 0.25) is 0 Å². The molecule has 1 aliphatic heterocycles. The number of anilines is 2. The van der Waals surface area contributed by atoms with Crippen LogP contribution in [0.1, 0.15) is 36.8 Å². The van der Waals surface area contributed by atoms with Crippen molar-refractivity contribution in [2.45, 2.75) is 38.3 Å². The van der Waals surface area contributed by atoms with E-state index in [1.807, 2.05) is 43.3 Å². The molecule has 0 radical (unpaired) electrons. The van der Waals surface area contributed by atoms with Crippen LogP contribution in [0.5, 0.6) is 0 Å². The summed E-state index contributed by atoms with van der Waals surface area (Å²) in [6.07, 6.45) is 4.51. The molecule has 0 atom stereocenters. The van der Waals surface area contributed by atoms with Crippen molar-refractivity contribution in [2.24, 2.45) is 4.99 Å². The van der Waals surface area contributed by atoms with Crippen molar-refractivity contribution in [1.29, 1.82) is 0 Å². The molecule has 0 bridgehead atoms. The lowest BCUT2D eigenvalue weighted by Gasteiger charge is -2.33. The van der Waals surface area contributed by atoms with Crippen molar-refractivity contribution in [3.05, 3.63) is 59.7 Å². The zero-order valence-electron chi connectivity index (χ0n) is 14.9. The number of hydrogen-bond acceptors (Lipinski definition) is 4. The fourth-order valence-electron chi connectivity index (χ4n) is 3.59. The highest BCUT2D eigenvalue weighted by atomic mass is 32.2. The second-order valence-electron chi connectivity index (χ2n) is 7.03. The van der Waals surface area contributed by atoms with Crippen LogP contribution in [-0.2, 0) is 4.79 Å². The number of carbonyl (C=O) groups excluding carboxylic acids is 1. The fourth-order valence-corrected chi connectivity index (χ4v) is 4.50. The van der Waals surface area contributed by atoms with E-state index in [2.05, 4.69) is 22.8 Å². The minimum absolute atomic E-state index is 0.00182. The maximum atomic E-state index is 12.4. The zero-order valence-corrected chi connectivity index (χ0v) is 15.7. The average molecular weight is 366 g/mol. The van der Waals surface area contributed by atoms with Gasteiger partial charge in [0, 0.05) is 16.9 Å². The number of thioether (sulfide) groups is 1. The van der Waals surface area contributed by atoms with Crippen LogP contribution < -0.4 is 10.6 Å². The van der Waals surface area contributed by atoms with Gasteiger partial charge in [-0.05, 0) is 50.8 Å². The lowest BCUT2D eigenvalue weighted by Crippen LogP contribution is -2.37. The third-order valence-corrected chi connectivity index (χ3v) is 5.94. The van der Waals surface area contributed by atoms with Crippen molar-refractivity contribution in [3.8, 4) is 0 Å². The quantitative estimate of drug-likeness (QED) is 0.821. The number of nitrogens with one attached hydrogen (secondary N) is 2. The average Bonchev–Trinajstić information content (AvgIpc) is 3.09. The number of fused-ring (bicyclic) bond motifs is 1. The van der Waals surface area contributed by atoms with E-state index < -0.39 is 0 Å². The van der Waals surface area contributed by atoms with Gasteiger partial charge in [0.25, 0.3) is 0 Å². The summed E-state index contributed by atoms with van der Waals surface area (Å²) in [5, 5.41) is 7.57. The van der Waals surface area contributed by atoms with E-state index in [9.17, 15) is 4.79 Å². The molecular weight excluding hydrogens is 342 g/mol. The van der Waals surface area contributed by atoms with E-state index in [1.165, 1.54) is 30.2 Å². The highest BCUT2D eigenvalue weighted by Gasteiger charge is 2.37. The number of aliphatic imine (C=N–C) groups is 1. The smallest absolute Gasteiger partial charge is 0.234 e. The number of aryl methyl sites for hydroxylation is 1. The minimum atomic E-state index is -0.176. The molecule has 1 heterocycles. The van der Waals surface area contributed by atoms with Crippen LogP contribution in [0.4, 0.5) is 11.4 Å². The number of para-hydroxylation sites is 1. The Kier molecular flexibility index (Phi) is 4.72. The Balaban J connectivity index is 1.47. The molecule has 0 aromatic heterocycles. The number of nitrogens with zero attached hydrogens (tertiary/aromatic N) is 1. The molecule has 0 saturated heterocycles. The van der Waals surface area contributed by atoms with Crippen LogP contribution >= 0.6 is 11.8 Å². The third kappa shape index (κ3) is 3.63. The molecular formula is C21H23N3OS. The zero-order chi connectivity index (χ0) is 18.0. The van der Waals surface area contributed by atoms with Gasteiger partial charge in [-0.1, -0.05) is 47.7 Å². The van der Waals surface area contributed by atoms with Gasteiger partial charge in [0.15, 0.2) is 0 Å². The van der Waals surface area contributed by atoms with E-state index in [4.69, 9.17) is 4.99 Å². The highest BCUT2D eigenvalue weighted by molar-refractivity contribution is 8.15. The number of amides is 1. The number of hydrogen-bond donors (Lipinski definition) is 2. The largest absolute Gasteiger partial charge is 0.361 e. The standard InChI is InChI=1S/C21H23N3OS/c1-15-8-10-16(11-9-15)22-19(25)14-26-20-17-6-2-3-7-18(17)23-21(24-20)12-4-5-13-21/h2-3,6-11,23H,4-5,12-14H2,1H3,(H,22,25). The predicted octanol–water partition coefficient (Wildman–Crippen LogP) is 4.81. The van der Waals surface area contributed by atoms with E-state index in [0.29, 0.717) is 5.75 Å². The molecule has 1 fully saturated rings. The third-order valence-electron chi connectivity index (χ3n) is 4.95.